The first-order valence-corrected chi connectivity index (χ1v) is 5.03. The van der Waals surface area contributed by atoms with Crippen LogP contribution in [0.2, 0.25) is 0 Å². The number of anilines is 1. The molecule has 1 aliphatic carbocycles. The predicted octanol–water partition coefficient (Wildman–Crippen LogP) is 2.83. The van der Waals surface area contributed by atoms with Gasteiger partial charge in [-0.25, -0.2) is 4.98 Å². The zero-order chi connectivity index (χ0) is 9.59. The molecule has 68 valence electrons. The first kappa shape index (κ1) is 8.75. The van der Waals surface area contributed by atoms with Crippen LogP contribution in [-0.2, 0) is 0 Å². The highest BCUT2D eigenvalue weighted by molar-refractivity contribution is 9.15. The van der Waals surface area contributed by atoms with E-state index in [-0.39, 0.29) is 0 Å². The highest BCUT2D eigenvalue weighted by Gasteiger charge is 2.21. The van der Waals surface area contributed by atoms with Crippen molar-refractivity contribution >= 4 is 26.2 Å². The predicted molar refractivity (Wildman–Crippen MR) is 58.7 cm³/mol. The molecule has 0 radical (unpaired) electrons. The third-order valence-corrected chi connectivity index (χ3v) is 2.99. The summed E-state index contributed by atoms with van der Waals surface area (Å²) in [6.45, 7) is 4.13. The van der Waals surface area contributed by atoms with E-state index in [4.69, 9.17) is 5.73 Å². The third kappa shape index (κ3) is 1.27. The standard InChI is InChI=1S/C10H11BrN2/c1-5-3-8(11)9-7(5)4-6(2)13-10(9)12/h3-5H,1-2H3,(H2,12,13). The first-order valence-electron chi connectivity index (χ1n) is 4.24. The zero-order valence-electron chi connectivity index (χ0n) is 7.63. The van der Waals surface area contributed by atoms with E-state index in [1.807, 2.05) is 6.92 Å². The fourth-order valence-electron chi connectivity index (χ4n) is 1.74. The van der Waals surface area contributed by atoms with Gasteiger partial charge in [-0.3, -0.25) is 0 Å². The maximum absolute atomic E-state index is 5.84. The van der Waals surface area contributed by atoms with Crippen molar-refractivity contribution in [2.45, 2.75) is 19.8 Å². The fourth-order valence-corrected chi connectivity index (χ4v) is 2.56. The molecule has 0 saturated heterocycles. The number of rotatable bonds is 0. The van der Waals surface area contributed by atoms with Gasteiger partial charge in [0.05, 0.1) is 0 Å². The summed E-state index contributed by atoms with van der Waals surface area (Å²) in [5, 5.41) is 0. The molecule has 2 rings (SSSR count). The van der Waals surface area contributed by atoms with E-state index in [1.165, 1.54) is 5.56 Å². The van der Waals surface area contributed by atoms with Crippen LogP contribution in [0.4, 0.5) is 5.82 Å². The fraction of sp³-hybridized carbons (Fsp3) is 0.300. The van der Waals surface area contributed by atoms with Gasteiger partial charge in [-0.1, -0.05) is 28.9 Å². The Morgan fingerprint density at radius 2 is 2.23 bits per heavy atom. The number of hydrogen-bond acceptors (Lipinski definition) is 2. The van der Waals surface area contributed by atoms with E-state index in [2.05, 4.69) is 40.0 Å². The number of hydrogen-bond donors (Lipinski definition) is 1. The quantitative estimate of drug-likeness (QED) is 0.756. The second-order valence-corrected chi connectivity index (χ2v) is 4.27. The maximum Gasteiger partial charge on any atom is 0.132 e. The molecule has 1 aliphatic rings. The molecule has 1 aromatic rings. The number of fused-ring (bicyclic) bond motifs is 1. The number of pyridine rings is 1. The van der Waals surface area contributed by atoms with Crippen LogP contribution in [-0.4, -0.2) is 4.98 Å². The molecule has 0 fully saturated rings. The van der Waals surface area contributed by atoms with Crippen LogP contribution in [0, 0.1) is 6.92 Å². The number of aryl methyl sites for hydroxylation is 1. The van der Waals surface area contributed by atoms with E-state index in [9.17, 15) is 0 Å². The highest BCUT2D eigenvalue weighted by Crippen LogP contribution is 2.41. The van der Waals surface area contributed by atoms with E-state index in [1.54, 1.807) is 0 Å². The SMILES string of the molecule is Cc1cc2c(c(N)n1)C(Br)=CC2C. The van der Waals surface area contributed by atoms with Crippen LogP contribution in [0.1, 0.15) is 29.7 Å². The molecular weight excluding hydrogens is 228 g/mol. The molecule has 0 saturated carbocycles. The molecule has 0 amide bonds. The molecule has 2 nitrogen and oxygen atoms in total. The molecular formula is C10H11BrN2. The summed E-state index contributed by atoms with van der Waals surface area (Å²) in [6.07, 6.45) is 2.15. The lowest BCUT2D eigenvalue weighted by molar-refractivity contribution is 0.977. The van der Waals surface area contributed by atoms with Gasteiger partial charge in [0.15, 0.2) is 0 Å². The minimum absolute atomic E-state index is 0.438. The Bertz CT molecular complexity index is 396. The second-order valence-electron chi connectivity index (χ2n) is 3.42. The Morgan fingerprint density at radius 1 is 1.54 bits per heavy atom. The average Bonchev–Trinajstić information content (AvgIpc) is 2.27. The molecule has 1 atom stereocenters. The monoisotopic (exact) mass is 238 g/mol. The van der Waals surface area contributed by atoms with E-state index in [0.29, 0.717) is 11.7 Å². The van der Waals surface area contributed by atoms with Crippen molar-refractivity contribution in [3.8, 4) is 0 Å². The van der Waals surface area contributed by atoms with Crippen molar-refractivity contribution in [1.82, 2.24) is 4.98 Å². The summed E-state index contributed by atoms with van der Waals surface area (Å²) in [6, 6.07) is 2.10. The van der Waals surface area contributed by atoms with Crippen molar-refractivity contribution in [2.24, 2.45) is 0 Å². The zero-order valence-corrected chi connectivity index (χ0v) is 9.22. The van der Waals surface area contributed by atoms with Crippen molar-refractivity contribution in [3.63, 3.8) is 0 Å². The number of nitrogens with two attached hydrogens (primary N) is 1. The molecule has 2 N–H and O–H groups in total. The van der Waals surface area contributed by atoms with E-state index >= 15 is 0 Å². The van der Waals surface area contributed by atoms with Crippen LogP contribution in [0.25, 0.3) is 4.48 Å². The van der Waals surface area contributed by atoms with Gasteiger partial charge in [0.1, 0.15) is 5.82 Å². The molecule has 1 heterocycles. The summed E-state index contributed by atoms with van der Waals surface area (Å²) in [5.74, 6) is 1.07. The molecule has 1 aromatic heterocycles. The normalized spacial score (nSPS) is 19.9. The van der Waals surface area contributed by atoms with E-state index in [0.717, 1.165) is 15.7 Å². The Kier molecular flexibility index (Phi) is 1.91. The number of nitrogen functional groups attached to an aromatic ring is 1. The van der Waals surface area contributed by atoms with Gasteiger partial charge in [0, 0.05) is 21.7 Å². The van der Waals surface area contributed by atoms with Crippen molar-refractivity contribution in [2.75, 3.05) is 5.73 Å². The van der Waals surface area contributed by atoms with E-state index < -0.39 is 0 Å². The van der Waals surface area contributed by atoms with Crippen LogP contribution >= 0.6 is 15.9 Å². The summed E-state index contributed by atoms with van der Waals surface area (Å²) >= 11 is 3.49. The van der Waals surface area contributed by atoms with Gasteiger partial charge < -0.3 is 5.73 Å². The lowest BCUT2D eigenvalue weighted by Gasteiger charge is -2.08. The summed E-state index contributed by atoms with van der Waals surface area (Å²) in [7, 11) is 0. The van der Waals surface area contributed by atoms with Crippen molar-refractivity contribution in [3.05, 3.63) is 29.0 Å². The number of nitrogens with zero attached hydrogens (tertiary/aromatic N) is 1. The first-order chi connectivity index (χ1) is 6.09. The van der Waals surface area contributed by atoms with Gasteiger partial charge in [0.2, 0.25) is 0 Å². The molecule has 0 bridgehead atoms. The largest absolute Gasteiger partial charge is 0.383 e. The van der Waals surface area contributed by atoms with Crippen LogP contribution in [0.5, 0.6) is 0 Å². The lowest BCUT2D eigenvalue weighted by Crippen LogP contribution is -1.99. The van der Waals surface area contributed by atoms with Gasteiger partial charge >= 0.3 is 0 Å². The van der Waals surface area contributed by atoms with Crippen LogP contribution in [0.15, 0.2) is 12.1 Å². The minimum Gasteiger partial charge on any atom is -0.383 e. The van der Waals surface area contributed by atoms with Crippen molar-refractivity contribution < 1.29 is 0 Å². The van der Waals surface area contributed by atoms with Gasteiger partial charge in [-0.15, -0.1) is 0 Å². The van der Waals surface area contributed by atoms with Gasteiger partial charge in [-0.05, 0) is 18.6 Å². The molecule has 0 aliphatic heterocycles. The number of allylic oxidation sites excluding steroid dienone is 1. The number of aromatic nitrogens is 1. The summed E-state index contributed by atoms with van der Waals surface area (Å²) in [4.78, 5) is 4.24. The van der Waals surface area contributed by atoms with Crippen LogP contribution < -0.4 is 5.73 Å². The smallest absolute Gasteiger partial charge is 0.132 e. The summed E-state index contributed by atoms with van der Waals surface area (Å²) in [5.41, 5.74) is 9.17. The Hall–Kier alpha value is -0.830. The average molecular weight is 239 g/mol. The third-order valence-electron chi connectivity index (χ3n) is 2.33. The minimum atomic E-state index is 0.438. The molecule has 0 aromatic carbocycles. The van der Waals surface area contributed by atoms with Gasteiger partial charge in [0.25, 0.3) is 0 Å². The Morgan fingerprint density at radius 3 is 2.92 bits per heavy atom. The second kappa shape index (κ2) is 2.84. The van der Waals surface area contributed by atoms with Crippen molar-refractivity contribution in [1.29, 1.82) is 0 Å². The maximum atomic E-state index is 5.84. The van der Waals surface area contributed by atoms with Crippen LogP contribution in [0.3, 0.4) is 0 Å². The Balaban J connectivity index is 2.70. The number of halogens is 1. The Labute approximate surface area is 86.0 Å². The summed E-state index contributed by atoms with van der Waals surface area (Å²) < 4.78 is 1.07. The molecule has 3 heteroatoms. The topological polar surface area (TPSA) is 38.9 Å². The van der Waals surface area contributed by atoms with Gasteiger partial charge in [-0.2, -0.15) is 0 Å². The highest BCUT2D eigenvalue weighted by atomic mass is 79.9. The lowest BCUT2D eigenvalue weighted by atomic mass is 10.0. The molecule has 0 spiro atoms. The molecule has 13 heavy (non-hydrogen) atoms. The molecule has 1 unspecified atom stereocenters.